The van der Waals surface area contributed by atoms with Gasteiger partial charge in [0.15, 0.2) is 5.11 Å². The first-order chi connectivity index (χ1) is 12.9. The van der Waals surface area contributed by atoms with E-state index in [-0.39, 0.29) is 16.4 Å². The monoisotopic (exact) mass is 404 g/mol. The van der Waals surface area contributed by atoms with E-state index in [2.05, 4.69) is 5.32 Å². The van der Waals surface area contributed by atoms with Gasteiger partial charge in [-0.3, -0.25) is 14.9 Å². The van der Waals surface area contributed by atoms with Gasteiger partial charge in [-0.05, 0) is 55.5 Å². The summed E-state index contributed by atoms with van der Waals surface area (Å²) in [6.07, 6.45) is 1.35. The Morgan fingerprint density at radius 1 is 1.26 bits per heavy atom. The summed E-state index contributed by atoms with van der Waals surface area (Å²) in [4.78, 5) is 26.2. The number of nitrogens with zero attached hydrogens (tertiary/aromatic N) is 1. The third kappa shape index (κ3) is 3.84. The van der Waals surface area contributed by atoms with Gasteiger partial charge in [0, 0.05) is 10.6 Å². The highest BCUT2D eigenvalue weighted by molar-refractivity contribution is 7.80. The lowest BCUT2D eigenvalue weighted by Gasteiger charge is -2.29. The van der Waals surface area contributed by atoms with Gasteiger partial charge >= 0.3 is 0 Å². The number of carbonyl (C=O) groups excluding carboxylic acids is 2. The van der Waals surface area contributed by atoms with E-state index >= 15 is 0 Å². The van der Waals surface area contributed by atoms with Crippen LogP contribution in [0.3, 0.4) is 0 Å². The van der Waals surface area contributed by atoms with Crippen molar-refractivity contribution in [2.24, 2.45) is 0 Å². The van der Waals surface area contributed by atoms with Crippen LogP contribution in [0.25, 0.3) is 6.08 Å². The molecule has 2 aromatic carbocycles. The molecule has 138 valence electrons. The zero-order chi connectivity index (χ0) is 19.6. The molecule has 5 nitrogen and oxygen atoms in total. The number of nitrogens with one attached hydrogen (secondary N) is 1. The number of amides is 2. The quantitative estimate of drug-likeness (QED) is 0.479. The molecule has 1 heterocycles. The van der Waals surface area contributed by atoms with Gasteiger partial charge in [-0.2, -0.15) is 0 Å². The van der Waals surface area contributed by atoms with E-state index in [1.807, 2.05) is 6.92 Å². The lowest BCUT2D eigenvalue weighted by molar-refractivity contribution is -0.122. The number of rotatable bonds is 4. The molecule has 0 spiro atoms. The Hall–Kier alpha value is -2.77. The molecule has 1 N–H and O–H groups in total. The number of hydrogen-bond acceptors (Lipinski definition) is 4. The van der Waals surface area contributed by atoms with Gasteiger partial charge in [-0.25, -0.2) is 9.29 Å². The molecular formula is C19H14ClFN2O3S. The topological polar surface area (TPSA) is 58.6 Å². The lowest BCUT2D eigenvalue weighted by atomic mass is 10.1. The minimum absolute atomic E-state index is 0.0467. The number of halogens is 2. The highest BCUT2D eigenvalue weighted by atomic mass is 35.5. The van der Waals surface area contributed by atoms with Crippen LogP contribution in [0, 0.1) is 5.82 Å². The maximum absolute atomic E-state index is 14.2. The Morgan fingerprint density at radius 2 is 2.00 bits per heavy atom. The zero-order valence-electron chi connectivity index (χ0n) is 14.2. The van der Waals surface area contributed by atoms with Crippen molar-refractivity contribution >= 4 is 52.5 Å². The van der Waals surface area contributed by atoms with E-state index in [1.54, 1.807) is 24.3 Å². The van der Waals surface area contributed by atoms with Crippen molar-refractivity contribution in [3.05, 3.63) is 64.4 Å². The molecule has 1 saturated heterocycles. The molecule has 3 rings (SSSR count). The Kier molecular flexibility index (Phi) is 5.53. The molecule has 1 aliphatic heterocycles. The molecule has 2 amide bonds. The van der Waals surface area contributed by atoms with Crippen molar-refractivity contribution < 1.29 is 18.7 Å². The molecule has 2 aromatic rings. The highest BCUT2D eigenvalue weighted by Gasteiger charge is 2.35. The van der Waals surface area contributed by atoms with Gasteiger partial charge in [-0.15, -0.1) is 0 Å². The largest absolute Gasteiger partial charge is 0.493 e. The Morgan fingerprint density at radius 3 is 2.70 bits per heavy atom. The van der Waals surface area contributed by atoms with Crippen LogP contribution in [-0.2, 0) is 9.59 Å². The van der Waals surface area contributed by atoms with Gasteiger partial charge in [0.05, 0.1) is 12.3 Å². The molecular weight excluding hydrogens is 391 g/mol. The molecule has 0 aromatic heterocycles. The van der Waals surface area contributed by atoms with Crippen LogP contribution in [-0.4, -0.2) is 23.5 Å². The van der Waals surface area contributed by atoms with Gasteiger partial charge in [0.25, 0.3) is 11.8 Å². The molecule has 0 unspecified atom stereocenters. The van der Waals surface area contributed by atoms with Gasteiger partial charge in [0.1, 0.15) is 17.1 Å². The van der Waals surface area contributed by atoms with Crippen LogP contribution in [0.4, 0.5) is 10.1 Å². The van der Waals surface area contributed by atoms with Crippen molar-refractivity contribution in [2.45, 2.75) is 6.92 Å². The predicted octanol–water partition coefficient (Wildman–Crippen LogP) is 3.71. The molecule has 1 aliphatic rings. The van der Waals surface area contributed by atoms with Crippen molar-refractivity contribution in [2.75, 3.05) is 11.5 Å². The number of thiocarbonyl (C=S) groups is 1. The van der Waals surface area contributed by atoms with E-state index in [0.29, 0.717) is 22.9 Å². The number of para-hydroxylation sites is 1. The smallest absolute Gasteiger partial charge is 0.270 e. The fraction of sp³-hybridized carbons (Fsp3) is 0.105. The number of carbonyl (C=O) groups is 2. The first-order valence-electron chi connectivity index (χ1n) is 8.00. The molecule has 0 aliphatic carbocycles. The van der Waals surface area contributed by atoms with E-state index < -0.39 is 17.6 Å². The van der Waals surface area contributed by atoms with Crippen molar-refractivity contribution in [3.8, 4) is 5.75 Å². The number of hydrogen-bond donors (Lipinski definition) is 1. The summed E-state index contributed by atoms with van der Waals surface area (Å²) in [5.74, 6) is -1.60. The third-order valence-corrected chi connectivity index (χ3v) is 4.29. The second-order valence-electron chi connectivity index (χ2n) is 5.52. The predicted molar refractivity (Wildman–Crippen MR) is 105 cm³/mol. The van der Waals surface area contributed by atoms with Crippen LogP contribution in [0.2, 0.25) is 5.02 Å². The van der Waals surface area contributed by atoms with Gasteiger partial charge < -0.3 is 4.74 Å². The van der Waals surface area contributed by atoms with Crippen LogP contribution in [0.5, 0.6) is 5.75 Å². The maximum atomic E-state index is 14.2. The Balaban J connectivity index is 2.08. The van der Waals surface area contributed by atoms with E-state index in [9.17, 15) is 14.0 Å². The zero-order valence-corrected chi connectivity index (χ0v) is 15.7. The van der Waals surface area contributed by atoms with Crippen LogP contribution in [0.15, 0.2) is 48.0 Å². The lowest BCUT2D eigenvalue weighted by Crippen LogP contribution is -2.54. The fourth-order valence-electron chi connectivity index (χ4n) is 2.58. The van der Waals surface area contributed by atoms with Crippen molar-refractivity contribution in [1.29, 1.82) is 0 Å². The summed E-state index contributed by atoms with van der Waals surface area (Å²) in [7, 11) is 0. The molecule has 1 fully saturated rings. The highest BCUT2D eigenvalue weighted by Crippen LogP contribution is 2.28. The second-order valence-corrected chi connectivity index (χ2v) is 6.35. The molecule has 0 radical (unpaired) electrons. The number of anilines is 1. The van der Waals surface area contributed by atoms with E-state index in [1.165, 1.54) is 24.3 Å². The average Bonchev–Trinajstić information content (AvgIpc) is 2.62. The first kappa shape index (κ1) is 19.0. The Bertz CT molecular complexity index is 977. The standard InChI is InChI=1S/C19H14ClFN2O3S/c1-2-26-16-8-7-12(20)9-11(16)10-13-17(24)22-19(27)23(18(13)25)15-6-4-3-5-14(15)21/h3-10H,2H2,1H3,(H,22,24,27)/b13-10+. The first-order valence-corrected chi connectivity index (χ1v) is 8.79. The minimum Gasteiger partial charge on any atom is -0.493 e. The van der Waals surface area contributed by atoms with Gasteiger partial charge in [0.2, 0.25) is 0 Å². The summed E-state index contributed by atoms with van der Waals surface area (Å²) >= 11 is 11.1. The SMILES string of the molecule is CCOc1ccc(Cl)cc1/C=C1\C(=O)NC(=S)N(c2ccccc2F)C1=O. The third-order valence-electron chi connectivity index (χ3n) is 3.77. The summed E-state index contributed by atoms with van der Waals surface area (Å²) in [6.45, 7) is 2.20. The van der Waals surface area contributed by atoms with Crippen molar-refractivity contribution in [3.63, 3.8) is 0 Å². The average molecular weight is 405 g/mol. The van der Waals surface area contributed by atoms with Crippen LogP contribution < -0.4 is 15.0 Å². The van der Waals surface area contributed by atoms with Crippen LogP contribution in [0.1, 0.15) is 12.5 Å². The van der Waals surface area contributed by atoms with Gasteiger partial charge in [-0.1, -0.05) is 23.7 Å². The normalized spacial score (nSPS) is 15.9. The molecule has 0 atom stereocenters. The summed E-state index contributed by atoms with van der Waals surface area (Å²) < 4.78 is 19.7. The fourth-order valence-corrected chi connectivity index (χ4v) is 3.04. The molecule has 0 saturated carbocycles. The van der Waals surface area contributed by atoms with E-state index in [4.69, 9.17) is 28.6 Å². The minimum atomic E-state index is -0.740. The molecule has 27 heavy (non-hydrogen) atoms. The number of ether oxygens (including phenoxy) is 1. The maximum Gasteiger partial charge on any atom is 0.270 e. The number of benzene rings is 2. The molecule has 8 heteroatoms. The van der Waals surface area contributed by atoms with Crippen LogP contribution >= 0.6 is 23.8 Å². The van der Waals surface area contributed by atoms with E-state index in [0.717, 1.165) is 4.90 Å². The molecule has 0 bridgehead atoms. The Labute approximate surface area is 165 Å². The summed E-state index contributed by atoms with van der Waals surface area (Å²) in [5.41, 5.74) is 0.189. The second kappa shape index (κ2) is 7.85. The van der Waals surface area contributed by atoms with Crippen molar-refractivity contribution in [1.82, 2.24) is 5.32 Å². The summed E-state index contributed by atoms with van der Waals surface area (Å²) in [6, 6.07) is 10.5. The summed E-state index contributed by atoms with van der Waals surface area (Å²) in [5, 5.41) is 2.63.